The van der Waals surface area contributed by atoms with Crippen LogP contribution in [0.5, 0.6) is 5.88 Å². The summed E-state index contributed by atoms with van der Waals surface area (Å²) in [6.07, 6.45) is 0. The van der Waals surface area contributed by atoms with Crippen LogP contribution in [0.25, 0.3) is 10.9 Å². The number of aromatic hydroxyl groups is 1. The highest BCUT2D eigenvalue weighted by atomic mass is 16.5. The van der Waals surface area contributed by atoms with Crippen molar-refractivity contribution in [1.29, 1.82) is 0 Å². The second-order valence-corrected chi connectivity index (χ2v) is 8.59. The van der Waals surface area contributed by atoms with Gasteiger partial charge in [-0.15, -0.1) is 0 Å². The van der Waals surface area contributed by atoms with E-state index in [4.69, 9.17) is 14.1 Å². The molecule has 0 spiro atoms. The van der Waals surface area contributed by atoms with Gasteiger partial charge in [-0.1, -0.05) is 36.4 Å². The van der Waals surface area contributed by atoms with Gasteiger partial charge in [0.05, 0.1) is 23.9 Å². The molecule has 2 aromatic heterocycles. The van der Waals surface area contributed by atoms with Crippen LogP contribution in [0, 0.1) is 0 Å². The number of rotatable bonds is 8. The standard InChI is InChI=1S/C27H28N4O5/c1-30(2)14-15-31(3)26(33)21-12-13-22(36-21)29-24(17-8-6-5-7-9-17)23-19-11-10-18(27(34)35-4)16-20(19)28-25(23)32/h5-13,16,28,32H,14-15H2,1-4H3/b29-24+. The van der Waals surface area contributed by atoms with Crippen molar-refractivity contribution < 1.29 is 23.8 Å². The number of hydrogen-bond acceptors (Lipinski definition) is 7. The Bertz CT molecular complexity index is 1420. The number of hydrogen-bond donors (Lipinski definition) is 2. The number of aliphatic imine (C=N–C) groups is 1. The Morgan fingerprint density at radius 3 is 2.44 bits per heavy atom. The van der Waals surface area contributed by atoms with Crippen molar-refractivity contribution in [3.8, 4) is 5.88 Å². The van der Waals surface area contributed by atoms with E-state index in [1.807, 2.05) is 49.3 Å². The third kappa shape index (κ3) is 5.16. The predicted molar refractivity (Wildman–Crippen MR) is 137 cm³/mol. The summed E-state index contributed by atoms with van der Waals surface area (Å²) in [6.45, 7) is 1.28. The van der Waals surface area contributed by atoms with Crippen LogP contribution in [0.2, 0.25) is 0 Å². The van der Waals surface area contributed by atoms with Gasteiger partial charge in [-0.05, 0) is 32.3 Å². The number of nitrogens with one attached hydrogen (secondary N) is 1. The summed E-state index contributed by atoms with van der Waals surface area (Å²) in [5.41, 5.74) is 2.52. The molecule has 0 aliphatic heterocycles. The fourth-order valence-electron chi connectivity index (χ4n) is 3.78. The Morgan fingerprint density at radius 1 is 1.00 bits per heavy atom. The first-order valence-electron chi connectivity index (χ1n) is 11.4. The molecular weight excluding hydrogens is 460 g/mol. The van der Waals surface area contributed by atoms with Gasteiger partial charge in [-0.3, -0.25) is 4.79 Å². The van der Waals surface area contributed by atoms with Crippen LogP contribution >= 0.6 is 0 Å². The van der Waals surface area contributed by atoms with Gasteiger partial charge in [0.25, 0.3) is 5.91 Å². The van der Waals surface area contributed by atoms with Gasteiger partial charge in [-0.2, -0.15) is 0 Å². The molecule has 4 rings (SSSR count). The van der Waals surface area contributed by atoms with Crippen LogP contribution in [0.1, 0.15) is 32.0 Å². The number of carbonyl (C=O) groups excluding carboxylic acids is 2. The lowest BCUT2D eigenvalue weighted by Gasteiger charge is -2.18. The van der Waals surface area contributed by atoms with E-state index in [0.29, 0.717) is 34.3 Å². The van der Waals surface area contributed by atoms with E-state index in [0.717, 1.165) is 12.1 Å². The second kappa shape index (κ2) is 10.5. The van der Waals surface area contributed by atoms with Crippen LogP contribution in [0.15, 0.2) is 70.1 Å². The molecule has 0 atom stereocenters. The topological polar surface area (TPSA) is 111 Å². The van der Waals surface area contributed by atoms with Gasteiger partial charge in [0.15, 0.2) is 11.6 Å². The van der Waals surface area contributed by atoms with Gasteiger partial charge in [0.2, 0.25) is 5.88 Å². The molecule has 0 aliphatic rings. The number of carbonyl (C=O) groups is 2. The number of esters is 1. The number of fused-ring (bicyclic) bond motifs is 1. The number of methoxy groups -OCH3 is 1. The number of amides is 1. The van der Waals surface area contributed by atoms with Gasteiger partial charge in [-0.25, -0.2) is 9.79 Å². The number of likely N-dealkylation sites (N-methyl/N-ethyl adjacent to an activating group) is 2. The van der Waals surface area contributed by atoms with E-state index in [-0.39, 0.29) is 23.4 Å². The summed E-state index contributed by atoms with van der Waals surface area (Å²) in [6, 6.07) is 17.5. The van der Waals surface area contributed by atoms with Crippen molar-refractivity contribution in [1.82, 2.24) is 14.8 Å². The lowest BCUT2D eigenvalue weighted by molar-refractivity contribution is 0.0600. The minimum absolute atomic E-state index is 0.110. The number of furan rings is 1. The van der Waals surface area contributed by atoms with Crippen molar-refractivity contribution in [3.63, 3.8) is 0 Å². The highest BCUT2D eigenvalue weighted by molar-refractivity contribution is 6.22. The van der Waals surface area contributed by atoms with E-state index >= 15 is 0 Å². The first-order valence-corrected chi connectivity index (χ1v) is 11.4. The average molecular weight is 489 g/mol. The van der Waals surface area contributed by atoms with E-state index in [9.17, 15) is 14.7 Å². The molecule has 0 radical (unpaired) electrons. The number of aromatic amines is 1. The molecule has 0 saturated heterocycles. The van der Waals surface area contributed by atoms with Crippen LogP contribution in [0.4, 0.5) is 5.88 Å². The molecule has 2 heterocycles. The van der Waals surface area contributed by atoms with Crippen LogP contribution < -0.4 is 0 Å². The SMILES string of the molecule is COC(=O)c1ccc2c(/C(=N/c3ccc(C(=O)N(C)CCN(C)C)o3)c3ccccc3)c(O)[nH]c2c1. The maximum atomic E-state index is 12.8. The summed E-state index contributed by atoms with van der Waals surface area (Å²) >= 11 is 0. The molecular formula is C27H28N4O5. The summed E-state index contributed by atoms with van der Waals surface area (Å²) in [5.74, 6) is -0.440. The largest absolute Gasteiger partial charge is 0.494 e. The van der Waals surface area contributed by atoms with Gasteiger partial charge < -0.3 is 29.0 Å². The van der Waals surface area contributed by atoms with E-state index < -0.39 is 5.97 Å². The number of ether oxygens (including phenoxy) is 1. The van der Waals surface area contributed by atoms with Crippen LogP contribution in [-0.4, -0.2) is 78.8 Å². The van der Waals surface area contributed by atoms with Crippen molar-refractivity contribution in [2.45, 2.75) is 0 Å². The lowest BCUT2D eigenvalue weighted by Crippen LogP contribution is -2.33. The average Bonchev–Trinajstić information content (AvgIpc) is 3.48. The first-order chi connectivity index (χ1) is 17.3. The van der Waals surface area contributed by atoms with Crippen molar-refractivity contribution in [2.75, 3.05) is 41.3 Å². The number of nitrogens with zero attached hydrogens (tertiary/aromatic N) is 3. The Hall–Kier alpha value is -4.37. The minimum atomic E-state index is -0.479. The molecule has 2 N–H and O–H groups in total. The maximum Gasteiger partial charge on any atom is 0.337 e. The Labute approximate surface area is 208 Å². The first kappa shape index (κ1) is 24.7. The molecule has 0 saturated carbocycles. The van der Waals surface area contributed by atoms with Crippen LogP contribution in [-0.2, 0) is 4.74 Å². The molecule has 9 heteroatoms. The molecule has 36 heavy (non-hydrogen) atoms. The number of benzene rings is 2. The molecule has 2 aromatic carbocycles. The quantitative estimate of drug-likeness (QED) is 0.286. The molecule has 0 bridgehead atoms. The van der Waals surface area contributed by atoms with Gasteiger partial charge in [0.1, 0.15) is 0 Å². The minimum Gasteiger partial charge on any atom is -0.494 e. The highest BCUT2D eigenvalue weighted by Crippen LogP contribution is 2.32. The maximum absolute atomic E-state index is 12.8. The van der Waals surface area contributed by atoms with Crippen molar-refractivity contribution in [3.05, 3.63) is 83.1 Å². The summed E-state index contributed by atoms with van der Waals surface area (Å²) in [5, 5.41) is 11.5. The van der Waals surface area contributed by atoms with E-state index in [1.54, 1.807) is 42.3 Å². The van der Waals surface area contributed by atoms with Crippen molar-refractivity contribution >= 4 is 34.4 Å². The molecule has 9 nitrogen and oxygen atoms in total. The third-order valence-corrected chi connectivity index (χ3v) is 5.74. The number of aromatic nitrogens is 1. The summed E-state index contributed by atoms with van der Waals surface area (Å²) in [7, 11) is 6.92. The zero-order valence-corrected chi connectivity index (χ0v) is 20.6. The second-order valence-electron chi connectivity index (χ2n) is 8.59. The molecule has 0 fully saturated rings. The normalized spacial score (nSPS) is 11.8. The molecule has 1 amide bonds. The number of H-pyrrole nitrogens is 1. The van der Waals surface area contributed by atoms with E-state index in [1.165, 1.54) is 7.11 Å². The van der Waals surface area contributed by atoms with Gasteiger partial charge in [0, 0.05) is 42.7 Å². The Kier molecular flexibility index (Phi) is 7.21. The molecule has 186 valence electrons. The van der Waals surface area contributed by atoms with Crippen LogP contribution in [0.3, 0.4) is 0 Å². The molecule has 0 unspecified atom stereocenters. The zero-order chi connectivity index (χ0) is 25.8. The Balaban J connectivity index is 1.76. The monoisotopic (exact) mass is 488 g/mol. The fourth-order valence-corrected chi connectivity index (χ4v) is 3.78. The predicted octanol–water partition coefficient (Wildman–Crippen LogP) is 4.06. The summed E-state index contributed by atoms with van der Waals surface area (Å²) < 4.78 is 10.6. The van der Waals surface area contributed by atoms with Gasteiger partial charge >= 0.3 is 5.97 Å². The fraction of sp³-hybridized carbons (Fsp3) is 0.222. The Morgan fingerprint density at radius 2 is 1.75 bits per heavy atom. The smallest absolute Gasteiger partial charge is 0.337 e. The lowest BCUT2D eigenvalue weighted by atomic mass is 10.0. The van der Waals surface area contributed by atoms with Crippen molar-refractivity contribution in [2.24, 2.45) is 4.99 Å². The molecule has 4 aromatic rings. The highest BCUT2D eigenvalue weighted by Gasteiger charge is 2.21. The summed E-state index contributed by atoms with van der Waals surface area (Å²) in [4.78, 5) is 35.9. The van der Waals surface area contributed by atoms with E-state index in [2.05, 4.69) is 4.98 Å². The zero-order valence-electron chi connectivity index (χ0n) is 20.6. The third-order valence-electron chi connectivity index (χ3n) is 5.74. The molecule has 0 aliphatic carbocycles.